The van der Waals surface area contributed by atoms with Crippen LogP contribution in [0.3, 0.4) is 0 Å². The average Bonchev–Trinajstić information content (AvgIpc) is 2.37. The maximum absolute atomic E-state index is 12.2. The Balaban J connectivity index is 2.28. The standard InChI is InChI=1S/C13H14N2O2/c1-17-12-5-2-4-11-10(12)6-9-15(13(11)16)8-3-7-14/h2,4-5H,3,6,8-9H2,1H3. The molecule has 0 spiro atoms. The van der Waals surface area contributed by atoms with Crippen molar-refractivity contribution in [2.45, 2.75) is 12.8 Å². The van der Waals surface area contributed by atoms with E-state index in [2.05, 4.69) is 6.07 Å². The lowest BCUT2D eigenvalue weighted by atomic mass is 9.98. The van der Waals surface area contributed by atoms with Crippen molar-refractivity contribution in [3.63, 3.8) is 0 Å². The lowest BCUT2D eigenvalue weighted by Gasteiger charge is -2.28. The van der Waals surface area contributed by atoms with Crippen LogP contribution in [0.1, 0.15) is 22.3 Å². The fraction of sp³-hybridized carbons (Fsp3) is 0.385. The van der Waals surface area contributed by atoms with E-state index in [4.69, 9.17) is 10.00 Å². The van der Waals surface area contributed by atoms with Gasteiger partial charge in [-0.3, -0.25) is 4.79 Å². The number of ether oxygens (including phenoxy) is 1. The number of fused-ring (bicyclic) bond motifs is 1. The van der Waals surface area contributed by atoms with Crippen LogP contribution >= 0.6 is 0 Å². The van der Waals surface area contributed by atoms with Crippen molar-refractivity contribution < 1.29 is 9.53 Å². The van der Waals surface area contributed by atoms with Crippen molar-refractivity contribution in [3.05, 3.63) is 29.3 Å². The SMILES string of the molecule is COc1cccc2c1CCN(CCC#N)C2=O. The van der Waals surface area contributed by atoms with Crippen LogP contribution in [0.5, 0.6) is 5.75 Å². The van der Waals surface area contributed by atoms with E-state index in [0.29, 0.717) is 25.1 Å². The zero-order valence-electron chi connectivity index (χ0n) is 9.77. The molecule has 0 radical (unpaired) electrons. The third-order valence-corrected chi connectivity index (χ3v) is 3.00. The second-order valence-corrected chi connectivity index (χ2v) is 3.94. The summed E-state index contributed by atoms with van der Waals surface area (Å²) in [6, 6.07) is 7.58. The van der Waals surface area contributed by atoms with E-state index in [-0.39, 0.29) is 5.91 Å². The number of carbonyl (C=O) groups excluding carboxylic acids is 1. The summed E-state index contributed by atoms with van der Waals surface area (Å²) < 4.78 is 5.25. The first-order chi connectivity index (χ1) is 8.27. The summed E-state index contributed by atoms with van der Waals surface area (Å²) in [6.45, 7) is 1.17. The molecule has 1 heterocycles. The number of nitriles is 1. The van der Waals surface area contributed by atoms with Gasteiger partial charge in [0.05, 0.1) is 19.6 Å². The highest BCUT2D eigenvalue weighted by Crippen LogP contribution is 2.27. The smallest absolute Gasteiger partial charge is 0.254 e. The molecule has 17 heavy (non-hydrogen) atoms. The quantitative estimate of drug-likeness (QED) is 0.792. The highest BCUT2D eigenvalue weighted by Gasteiger charge is 2.25. The molecule has 1 aromatic rings. The van der Waals surface area contributed by atoms with Gasteiger partial charge >= 0.3 is 0 Å². The molecule has 0 aliphatic carbocycles. The molecule has 0 aromatic heterocycles. The first kappa shape index (κ1) is 11.5. The van der Waals surface area contributed by atoms with Crippen LogP contribution in [0.2, 0.25) is 0 Å². The van der Waals surface area contributed by atoms with E-state index in [1.165, 1.54) is 0 Å². The predicted molar refractivity (Wildman–Crippen MR) is 62.8 cm³/mol. The van der Waals surface area contributed by atoms with Gasteiger partial charge in [-0.15, -0.1) is 0 Å². The zero-order chi connectivity index (χ0) is 12.3. The predicted octanol–water partition coefficient (Wildman–Crippen LogP) is 1.61. The van der Waals surface area contributed by atoms with Gasteiger partial charge in [-0.25, -0.2) is 0 Å². The van der Waals surface area contributed by atoms with E-state index in [9.17, 15) is 4.79 Å². The monoisotopic (exact) mass is 230 g/mol. The Morgan fingerprint density at radius 2 is 2.35 bits per heavy atom. The van der Waals surface area contributed by atoms with E-state index in [0.717, 1.165) is 17.7 Å². The van der Waals surface area contributed by atoms with Crippen molar-refractivity contribution in [1.29, 1.82) is 5.26 Å². The first-order valence-corrected chi connectivity index (χ1v) is 5.60. The zero-order valence-corrected chi connectivity index (χ0v) is 9.77. The second kappa shape index (κ2) is 4.88. The summed E-state index contributed by atoms with van der Waals surface area (Å²) in [5.41, 5.74) is 1.68. The number of methoxy groups -OCH3 is 1. The summed E-state index contributed by atoms with van der Waals surface area (Å²) in [4.78, 5) is 13.9. The van der Waals surface area contributed by atoms with E-state index in [1.54, 1.807) is 12.0 Å². The molecule has 1 aromatic carbocycles. The van der Waals surface area contributed by atoms with Crippen molar-refractivity contribution in [1.82, 2.24) is 4.90 Å². The van der Waals surface area contributed by atoms with Gasteiger partial charge in [0.1, 0.15) is 5.75 Å². The molecule has 0 bridgehead atoms. The minimum absolute atomic E-state index is 0.000370. The summed E-state index contributed by atoms with van der Waals surface area (Å²) in [5.74, 6) is 0.774. The minimum atomic E-state index is 0.000370. The Morgan fingerprint density at radius 1 is 1.53 bits per heavy atom. The Kier molecular flexibility index (Phi) is 3.29. The minimum Gasteiger partial charge on any atom is -0.496 e. The molecule has 0 saturated carbocycles. The maximum atomic E-state index is 12.2. The topological polar surface area (TPSA) is 53.3 Å². The molecule has 2 rings (SSSR count). The van der Waals surface area contributed by atoms with Crippen molar-refractivity contribution in [3.8, 4) is 11.8 Å². The van der Waals surface area contributed by atoms with Crippen LogP contribution in [0.25, 0.3) is 0 Å². The molecule has 4 heteroatoms. The van der Waals surface area contributed by atoms with E-state index < -0.39 is 0 Å². The molecule has 0 unspecified atom stereocenters. The number of benzene rings is 1. The fourth-order valence-electron chi connectivity index (χ4n) is 2.13. The summed E-state index contributed by atoms with van der Waals surface area (Å²) >= 11 is 0. The molecule has 0 N–H and O–H groups in total. The van der Waals surface area contributed by atoms with Gasteiger partial charge in [-0.05, 0) is 18.6 Å². The van der Waals surface area contributed by atoms with E-state index >= 15 is 0 Å². The molecule has 88 valence electrons. The number of hydrogen-bond acceptors (Lipinski definition) is 3. The van der Waals surface area contributed by atoms with E-state index in [1.807, 2.05) is 18.2 Å². The van der Waals surface area contributed by atoms with Gasteiger partial charge in [0, 0.05) is 24.2 Å². The fourth-order valence-corrected chi connectivity index (χ4v) is 2.13. The van der Waals surface area contributed by atoms with Gasteiger partial charge in [0.25, 0.3) is 5.91 Å². The van der Waals surface area contributed by atoms with Crippen LogP contribution in [0.15, 0.2) is 18.2 Å². The lowest BCUT2D eigenvalue weighted by Crippen LogP contribution is -2.38. The number of carbonyl (C=O) groups is 1. The average molecular weight is 230 g/mol. The molecule has 4 nitrogen and oxygen atoms in total. The molecular formula is C13H14N2O2. The van der Waals surface area contributed by atoms with Gasteiger partial charge in [0.2, 0.25) is 0 Å². The lowest BCUT2D eigenvalue weighted by molar-refractivity contribution is 0.0742. The highest BCUT2D eigenvalue weighted by molar-refractivity contribution is 5.97. The maximum Gasteiger partial charge on any atom is 0.254 e. The molecule has 0 fully saturated rings. The molecular weight excluding hydrogens is 216 g/mol. The van der Waals surface area contributed by atoms with Gasteiger partial charge in [-0.2, -0.15) is 5.26 Å². The van der Waals surface area contributed by atoms with Crippen molar-refractivity contribution in [2.24, 2.45) is 0 Å². The first-order valence-electron chi connectivity index (χ1n) is 5.60. The number of rotatable bonds is 3. The number of nitrogens with zero attached hydrogens (tertiary/aromatic N) is 2. The molecule has 1 amide bonds. The Bertz CT molecular complexity index is 477. The number of amides is 1. The molecule has 1 aliphatic heterocycles. The Morgan fingerprint density at radius 3 is 3.06 bits per heavy atom. The summed E-state index contributed by atoms with van der Waals surface area (Å²) in [7, 11) is 1.61. The van der Waals surface area contributed by atoms with Crippen LogP contribution in [-0.2, 0) is 6.42 Å². The molecule has 1 aliphatic rings. The van der Waals surface area contributed by atoms with Crippen LogP contribution in [-0.4, -0.2) is 31.0 Å². The normalized spacial score (nSPS) is 14.1. The van der Waals surface area contributed by atoms with Gasteiger partial charge in [0.15, 0.2) is 0 Å². The molecule has 0 atom stereocenters. The third kappa shape index (κ3) is 2.09. The summed E-state index contributed by atoms with van der Waals surface area (Å²) in [6.07, 6.45) is 1.17. The van der Waals surface area contributed by atoms with Crippen LogP contribution < -0.4 is 4.74 Å². The second-order valence-electron chi connectivity index (χ2n) is 3.94. The largest absolute Gasteiger partial charge is 0.496 e. The third-order valence-electron chi connectivity index (χ3n) is 3.00. The van der Waals surface area contributed by atoms with Crippen LogP contribution in [0, 0.1) is 11.3 Å². The Labute approximate surface area is 100 Å². The van der Waals surface area contributed by atoms with Crippen molar-refractivity contribution >= 4 is 5.91 Å². The van der Waals surface area contributed by atoms with Gasteiger partial charge in [-0.1, -0.05) is 6.07 Å². The number of hydrogen-bond donors (Lipinski definition) is 0. The highest BCUT2D eigenvalue weighted by atomic mass is 16.5. The van der Waals surface area contributed by atoms with Crippen LogP contribution in [0.4, 0.5) is 0 Å². The Hall–Kier alpha value is -2.02. The molecule has 0 saturated heterocycles. The van der Waals surface area contributed by atoms with Crippen molar-refractivity contribution in [2.75, 3.05) is 20.2 Å². The van der Waals surface area contributed by atoms with Gasteiger partial charge < -0.3 is 9.64 Å². The summed E-state index contributed by atoms with van der Waals surface area (Å²) in [5, 5.41) is 8.55.